The number of carbonyl (C=O) groups is 1. The number of pyridine rings is 1. The van der Waals surface area contributed by atoms with Crippen molar-refractivity contribution in [2.45, 2.75) is 6.04 Å². The van der Waals surface area contributed by atoms with Crippen molar-refractivity contribution in [3.63, 3.8) is 0 Å². The van der Waals surface area contributed by atoms with E-state index in [-0.39, 0.29) is 17.8 Å². The van der Waals surface area contributed by atoms with Crippen molar-refractivity contribution < 1.29 is 9.18 Å². The first-order valence-corrected chi connectivity index (χ1v) is 8.26. The van der Waals surface area contributed by atoms with Gasteiger partial charge in [0.05, 0.1) is 11.7 Å². The van der Waals surface area contributed by atoms with E-state index < -0.39 is 0 Å². The number of amides is 1. The molecule has 1 amide bonds. The van der Waals surface area contributed by atoms with Gasteiger partial charge in [0.25, 0.3) is 5.91 Å². The molecule has 0 aliphatic heterocycles. The van der Waals surface area contributed by atoms with Crippen molar-refractivity contribution in [3.05, 3.63) is 102 Å². The second-order valence-electron chi connectivity index (χ2n) is 5.99. The van der Waals surface area contributed by atoms with E-state index in [0.717, 1.165) is 11.3 Å². The number of hydrogen-bond acceptors (Lipinski definition) is 2. The third kappa shape index (κ3) is 3.19. The smallest absolute Gasteiger partial charge is 0.268 e. The van der Waals surface area contributed by atoms with Gasteiger partial charge < -0.3 is 10.3 Å². The van der Waals surface area contributed by atoms with Crippen LogP contribution in [0.4, 0.5) is 4.39 Å². The monoisotopic (exact) mass is 345 g/mol. The molecule has 1 atom stereocenters. The lowest BCUT2D eigenvalue weighted by molar-refractivity contribution is 0.0938. The van der Waals surface area contributed by atoms with Gasteiger partial charge >= 0.3 is 0 Å². The first-order valence-electron chi connectivity index (χ1n) is 8.26. The number of nitrogens with one attached hydrogen (secondary N) is 2. The van der Waals surface area contributed by atoms with Crippen LogP contribution in [0.15, 0.2) is 79.0 Å². The van der Waals surface area contributed by atoms with E-state index in [0.29, 0.717) is 16.6 Å². The number of hydrogen-bond donors (Lipinski definition) is 2. The molecule has 128 valence electrons. The van der Waals surface area contributed by atoms with Gasteiger partial charge in [-0.3, -0.25) is 9.78 Å². The summed E-state index contributed by atoms with van der Waals surface area (Å²) in [4.78, 5) is 20.2. The highest BCUT2D eigenvalue weighted by molar-refractivity contribution is 5.98. The molecule has 0 aliphatic rings. The van der Waals surface area contributed by atoms with E-state index in [1.807, 2.05) is 48.5 Å². The number of fused-ring (bicyclic) bond motifs is 1. The Morgan fingerprint density at radius 3 is 2.58 bits per heavy atom. The Balaban J connectivity index is 1.67. The number of aromatic amines is 1. The van der Waals surface area contributed by atoms with E-state index in [1.54, 1.807) is 18.3 Å². The molecule has 0 saturated carbocycles. The van der Waals surface area contributed by atoms with Crippen molar-refractivity contribution in [3.8, 4) is 0 Å². The normalized spacial score (nSPS) is 12.0. The van der Waals surface area contributed by atoms with Gasteiger partial charge in [0.15, 0.2) is 0 Å². The van der Waals surface area contributed by atoms with E-state index in [9.17, 15) is 9.18 Å². The Kier molecular flexibility index (Phi) is 4.19. The molecule has 2 N–H and O–H groups in total. The van der Waals surface area contributed by atoms with E-state index >= 15 is 0 Å². The molecule has 26 heavy (non-hydrogen) atoms. The van der Waals surface area contributed by atoms with Crippen LogP contribution in [-0.4, -0.2) is 15.9 Å². The fourth-order valence-electron chi connectivity index (χ4n) is 2.95. The van der Waals surface area contributed by atoms with Crippen LogP contribution >= 0.6 is 0 Å². The number of halogens is 1. The van der Waals surface area contributed by atoms with Crippen molar-refractivity contribution in [1.29, 1.82) is 0 Å². The lowest BCUT2D eigenvalue weighted by Gasteiger charge is -2.18. The molecule has 0 fully saturated rings. The highest BCUT2D eigenvalue weighted by Crippen LogP contribution is 2.22. The van der Waals surface area contributed by atoms with Crippen molar-refractivity contribution >= 4 is 16.8 Å². The Labute approximate surface area is 149 Å². The van der Waals surface area contributed by atoms with Gasteiger partial charge in [0.1, 0.15) is 11.5 Å². The number of aromatic nitrogens is 2. The molecule has 0 spiro atoms. The van der Waals surface area contributed by atoms with Crippen LogP contribution in [0.3, 0.4) is 0 Å². The zero-order valence-electron chi connectivity index (χ0n) is 13.8. The molecule has 5 heteroatoms. The maximum atomic E-state index is 13.4. The summed E-state index contributed by atoms with van der Waals surface area (Å²) in [5, 5.41) is 3.67. The second kappa shape index (κ2) is 6.80. The molecule has 2 aromatic carbocycles. The molecule has 1 unspecified atom stereocenters. The van der Waals surface area contributed by atoms with Gasteiger partial charge in [-0.2, -0.15) is 0 Å². The first kappa shape index (κ1) is 16.0. The van der Waals surface area contributed by atoms with Crippen molar-refractivity contribution in [2.75, 3.05) is 0 Å². The molecule has 0 bridgehead atoms. The summed E-state index contributed by atoms with van der Waals surface area (Å²) in [5.74, 6) is -0.611. The van der Waals surface area contributed by atoms with Gasteiger partial charge in [-0.15, -0.1) is 0 Å². The largest absolute Gasteiger partial charge is 0.351 e. The summed E-state index contributed by atoms with van der Waals surface area (Å²) in [7, 11) is 0. The highest BCUT2D eigenvalue weighted by Gasteiger charge is 2.19. The van der Waals surface area contributed by atoms with Crippen molar-refractivity contribution in [1.82, 2.24) is 15.3 Å². The zero-order valence-corrected chi connectivity index (χ0v) is 13.8. The predicted molar refractivity (Wildman–Crippen MR) is 98.2 cm³/mol. The fourth-order valence-corrected chi connectivity index (χ4v) is 2.95. The van der Waals surface area contributed by atoms with Crippen LogP contribution in [0.25, 0.3) is 10.9 Å². The third-order valence-corrected chi connectivity index (χ3v) is 4.22. The van der Waals surface area contributed by atoms with Gasteiger partial charge in [0, 0.05) is 17.1 Å². The van der Waals surface area contributed by atoms with Crippen LogP contribution < -0.4 is 5.32 Å². The van der Waals surface area contributed by atoms with Gasteiger partial charge in [0.2, 0.25) is 0 Å². The number of H-pyrrole nitrogens is 1. The molecule has 4 nitrogen and oxygen atoms in total. The van der Waals surface area contributed by atoms with Gasteiger partial charge in [-0.05, 0) is 42.0 Å². The topological polar surface area (TPSA) is 57.8 Å². The number of rotatable bonds is 4. The van der Waals surface area contributed by atoms with E-state index in [2.05, 4.69) is 15.3 Å². The lowest BCUT2D eigenvalue weighted by atomic mass is 10.0. The van der Waals surface area contributed by atoms with Crippen LogP contribution in [0.1, 0.15) is 27.8 Å². The third-order valence-electron chi connectivity index (χ3n) is 4.22. The minimum Gasteiger partial charge on any atom is -0.351 e. The van der Waals surface area contributed by atoms with Crippen molar-refractivity contribution in [2.24, 2.45) is 0 Å². The number of nitrogens with zero attached hydrogens (tertiary/aromatic N) is 1. The van der Waals surface area contributed by atoms with Crippen LogP contribution in [0.2, 0.25) is 0 Å². The molecule has 4 aromatic rings. The number of benzene rings is 2. The SMILES string of the molecule is O=C(NC(c1ccccc1)c1ccccn1)c1cc2cc(F)ccc2[nH]1. The quantitative estimate of drug-likeness (QED) is 0.582. The minimum absolute atomic E-state index is 0.277. The molecule has 2 aromatic heterocycles. The maximum absolute atomic E-state index is 13.4. The lowest BCUT2D eigenvalue weighted by Crippen LogP contribution is -2.30. The van der Waals surface area contributed by atoms with Crippen LogP contribution in [0.5, 0.6) is 0 Å². The Morgan fingerprint density at radius 2 is 1.81 bits per heavy atom. The predicted octanol–water partition coefficient (Wildman–Crippen LogP) is 4.22. The standard InChI is InChI=1S/C21H16FN3O/c22-16-9-10-17-15(12-16)13-19(24-17)21(26)25-20(14-6-2-1-3-7-14)18-8-4-5-11-23-18/h1-13,20,24H,(H,25,26). The Morgan fingerprint density at radius 1 is 1.00 bits per heavy atom. The Bertz CT molecular complexity index is 1010. The molecular weight excluding hydrogens is 329 g/mol. The summed E-state index contributed by atoms with van der Waals surface area (Å²) >= 11 is 0. The zero-order chi connectivity index (χ0) is 17.9. The van der Waals surface area contributed by atoms with Gasteiger partial charge in [-0.25, -0.2) is 4.39 Å². The molecular formula is C21H16FN3O. The fraction of sp³-hybridized carbons (Fsp3) is 0.0476. The molecule has 0 radical (unpaired) electrons. The first-order chi connectivity index (χ1) is 12.7. The Hall–Kier alpha value is -3.47. The molecule has 2 heterocycles. The summed E-state index contributed by atoms with van der Waals surface area (Å²) in [6, 6.07) is 20.9. The minimum atomic E-state index is -0.381. The maximum Gasteiger partial charge on any atom is 0.268 e. The highest BCUT2D eigenvalue weighted by atomic mass is 19.1. The summed E-state index contributed by atoms with van der Waals surface area (Å²) in [6.45, 7) is 0. The molecule has 4 rings (SSSR count). The van der Waals surface area contributed by atoms with E-state index in [1.165, 1.54) is 12.1 Å². The van der Waals surface area contributed by atoms with Gasteiger partial charge in [-0.1, -0.05) is 36.4 Å². The van der Waals surface area contributed by atoms with Crippen LogP contribution in [0, 0.1) is 5.82 Å². The summed E-state index contributed by atoms with van der Waals surface area (Å²) < 4.78 is 13.4. The second-order valence-corrected chi connectivity index (χ2v) is 5.99. The average molecular weight is 345 g/mol. The number of carbonyl (C=O) groups excluding carboxylic acids is 1. The molecule has 0 saturated heterocycles. The average Bonchev–Trinajstić information content (AvgIpc) is 3.10. The van der Waals surface area contributed by atoms with E-state index in [4.69, 9.17) is 0 Å². The molecule has 0 aliphatic carbocycles. The summed E-state index contributed by atoms with van der Waals surface area (Å²) in [6.07, 6.45) is 1.70. The summed E-state index contributed by atoms with van der Waals surface area (Å²) in [5.41, 5.74) is 2.77. The van der Waals surface area contributed by atoms with Crippen LogP contribution in [-0.2, 0) is 0 Å².